The van der Waals surface area contributed by atoms with Gasteiger partial charge in [-0.1, -0.05) is 34.8 Å². The molecule has 0 saturated carbocycles. The van der Waals surface area contributed by atoms with Crippen LogP contribution in [0, 0.1) is 5.92 Å². The lowest BCUT2D eigenvalue weighted by molar-refractivity contribution is -0.120. The lowest BCUT2D eigenvalue weighted by Gasteiger charge is -2.30. The molecule has 1 saturated heterocycles. The zero-order chi connectivity index (χ0) is 19.6. The van der Waals surface area contributed by atoms with Gasteiger partial charge in [-0.15, -0.1) is 0 Å². The number of hydrogen-bond donors (Lipinski definition) is 1. The molecule has 0 aromatic heterocycles. The highest BCUT2D eigenvalue weighted by Gasteiger charge is 2.32. The van der Waals surface area contributed by atoms with Gasteiger partial charge >= 0.3 is 0 Å². The number of carbonyl (C=O) groups is 1. The molecular weight excluding hydrogens is 431 g/mol. The predicted octanol–water partition coefficient (Wildman–Crippen LogP) is 4.69. The van der Waals surface area contributed by atoms with Crippen LogP contribution in [0.4, 0.5) is 5.69 Å². The van der Waals surface area contributed by atoms with Gasteiger partial charge in [-0.25, -0.2) is 8.42 Å². The van der Waals surface area contributed by atoms with Gasteiger partial charge in [0.2, 0.25) is 15.9 Å². The summed E-state index contributed by atoms with van der Waals surface area (Å²) in [5.74, 6) is -0.462. The van der Waals surface area contributed by atoms with E-state index < -0.39 is 10.0 Å². The summed E-state index contributed by atoms with van der Waals surface area (Å²) < 4.78 is 26.8. The lowest BCUT2D eigenvalue weighted by Crippen LogP contribution is -2.41. The summed E-state index contributed by atoms with van der Waals surface area (Å²) in [6.45, 7) is 0.550. The van der Waals surface area contributed by atoms with Crippen molar-refractivity contribution >= 4 is 56.4 Å². The van der Waals surface area contributed by atoms with E-state index in [4.69, 9.17) is 34.8 Å². The standard InChI is InChI=1S/C18H17Cl3N2O3S/c19-13-1-4-15(5-2-13)27(25,26)23-9-7-12(8-10-23)18(24)22-17-6-3-14(20)11-16(17)21/h1-6,11-12H,7-10H2,(H,22,24). The molecule has 0 radical (unpaired) electrons. The summed E-state index contributed by atoms with van der Waals surface area (Å²) in [4.78, 5) is 12.7. The number of rotatable bonds is 4. The van der Waals surface area contributed by atoms with Gasteiger partial charge in [0, 0.05) is 29.1 Å². The Morgan fingerprint density at radius 3 is 2.15 bits per heavy atom. The fourth-order valence-corrected chi connectivity index (χ4v) is 4.99. The van der Waals surface area contributed by atoms with Crippen LogP contribution in [0.3, 0.4) is 0 Å². The van der Waals surface area contributed by atoms with Gasteiger partial charge in [0.1, 0.15) is 0 Å². The number of anilines is 1. The van der Waals surface area contributed by atoms with E-state index in [0.29, 0.717) is 33.6 Å². The van der Waals surface area contributed by atoms with Gasteiger partial charge in [-0.3, -0.25) is 4.79 Å². The molecule has 144 valence electrons. The van der Waals surface area contributed by atoms with Gasteiger partial charge < -0.3 is 5.32 Å². The largest absolute Gasteiger partial charge is 0.325 e. The fraction of sp³-hybridized carbons (Fsp3) is 0.278. The Morgan fingerprint density at radius 1 is 0.963 bits per heavy atom. The molecule has 2 aromatic rings. The molecule has 5 nitrogen and oxygen atoms in total. The number of sulfonamides is 1. The molecule has 0 spiro atoms. The summed E-state index contributed by atoms with van der Waals surface area (Å²) in [5.41, 5.74) is 0.488. The minimum Gasteiger partial charge on any atom is -0.325 e. The maximum atomic E-state index is 12.7. The van der Waals surface area contributed by atoms with E-state index in [0.717, 1.165) is 0 Å². The molecule has 1 aliphatic rings. The summed E-state index contributed by atoms with van der Waals surface area (Å²) >= 11 is 17.7. The van der Waals surface area contributed by atoms with Crippen molar-refractivity contribution < 1.29 is 13.2 Å². The van der Waals surface area contributed by atoms with Crippen LogP contribution in [0.1, 0.15) is 12.8 Å². The third-order valence-electron chi connectivity index (χ3n) is 4.47. The van der Waals surface area contributed by atoms with E-state index in [2.05, 4.69) is 5.32 Å². The zero-order valence-corrected chi connectivity index (χ0v) is 17.2. The Balaban J connectivity index is 1.62. The number of piperidine rings is 1. The third kappa shape index (κ3) is 4.76. The number of nitrogens with one attached hydrogen (secondary N) is 1. The molecule has 1 fully saturated rings. The molecule has 1 N–H and O–H groups in total. The fourth-order valence-electron chi connectivity index (χ4n) is 2.94. The third-order valence-corrected chi connectivity index (χ3v) is 7.18. The second-order valence-corrected chi connectivity index (χ2v) is 9.46. The van der Waals surface area contributed by atoms with Crippen LogP contribution in [-0.2, 0) is 14.8 Å². The molecule has 27 heavy (non-hydrogen) atoms. The average molecular weight is 448 g/mol. The van der Waals surface area contributed by atoms with Crippen molar-refractivity contribution in [3.63, 3.8) is 0 Å². The molecule has 1 heterocycles. The number of amides is 1. The zero-order valence-electron chi connectivity index (χ0n) is 14.2. The first-order valence-electron chi connectivity index (χ1n) is 8.29. The summed E-state index contributed by atoms with van der Waals surface area (Å²) in [6.07, 6.45) is 0.869. The molecular formula is C18H17Cl3N2O3S. The number of nitrogens with zero attached hydrogens (tertiary/aromatic N) is 1. The number of hydrogen-bond acceptors (Lipinski definition) is 3. The Bertz CT molecular complexity index is 941. The monoisotopic (exact) mass is 446 g/mol. The first-order valence-corrected chi connectivity index (χ1v) is 10.9. The maximum Gasteiger partial charge on any atom is 0.243 e. The SMILES string of the molecule is O=C(Nc1ccc(Cl)cc1Cl)C1CCN(S(=O)(=O)c2ccc(Cl)cc2)CC1. The van der Waals surface area contributed by atoms with Gasteiger partial charge in [0.25, 0.3) is 0 Å². The van der Waals surface area contributed by atoms with E-state index in [-0.39, 0.29) is 29.8 Å². The molecule has 0 unspecified atom stereocenters. The number of halogens is 3. The molecule has 2 aromatic carbocycles. The Kier molecular flexibility index (Phi) is 6.33. The van der Waals surface area contributed by atoms with Crippen LogP contribution in [0.25, 0.3) is 0 Å². The first-order chi connectivity index (χ1) is 12.8. The van der Waals surface area contributed by atoms with Crippen molar-refractivity contribution in [3.8, 4) is 0 Å². The van der Waals surface area contributed by atoms with E-state index in [9.17, 15) is 13.2 Å². The van der Waals surface area contributed by atoms with E-state index in [1.807, 2.05) is 0 Å². The molecule has 3 rings (SSSR count). The Hall–Kier alpha value is -1.31. The van der Waals surface area contributed by atoms with E-state index in [1.165, 1.54) is 16.4 Å². The predicted molar refractivity (Wildman–Crippen MR) is 108 cm³/mol. The maximum absolute atomic E-state index is 12.7. The normalized spacial score (nSPS) is 16.3. The van der Waals surface area contributed by atoms with Crippen LogP contribution in [0.15, 0.2) is 47.4 Å². The van der Waals surface area contributed by atoms with Crippen LogP contribution in [0.5, 0.6) is 0 Å². The Morgan fingerprint density at radius 2 is 1.56 bits per heavy atom. The molecule has 1 amide bonds. The second-order valence-electron chi connectivity index (χ2n) is 6.25. The van der Waals surface area contributed by atoms with Crippen LogP contribution in [-0.4, -0.2) is 31.7 Å². The van der Waals surface area contributed by atoms with Crippen molar-refractivity contribution in [2.45, 2.75) is 17.7 Å². The highest BCUT2D eigenvalue weighted by molar-refractivity contribution is 7.89. The van der Waals surface area contributed by atoms with Crippen molar-refractivity contribution in [1.29, 1.82) is 0 Å². The Labute approximate surface area is 173 Å². The molecule has 0 atom stereocenters. The summed E-state index contributed by atoms with van der Waals surface area (Å²) in [5, 5.41) is 4.11. The highest BCUT2D eigenvalue weighted by Crippen LogP contribution is 2.28. The van der Waals surface area contributed by atoms with Gasteiger partial charge in [-0.05, 0) is 55.3 Å². The minimum absolute atomic E-state index is 0.178. The molecule has 9 heteroatoms. The van der Waals surface area contributed by atoms with E-state index >= 15 is 0 Å². The van der Waals surface area contributed by atoms with Gasteiger partial charge in [0.15, 0.2) is 0 Å². The van der Waals surface area contributed by atoms with Crippen LogP contribution < -0.4 is 5.32 Å². The second kappa shape index (κ2) is 8.37. The molecule has 0 bridgehead atoms. The van der Waals surface area contributed by atoms with Crippen LogP contribution in [0.2, 0.25) is 15.1 Å². The number of benzene rings is 2. The first kappa shape index (κ1) is 20.4. The van der Waals surface area contributed by atoms with Crippen molar-refractivity contribution in [1.82, 2.24) is 4.31 Å². The van der Waals surface area contributed by atoms with E-state index in [1.54, 1.807) is 30.3 Å². The van der Waals surface area contributed by atoms with Crippen LogP contribution >= 0.6 is 34.8 Å². The van der Waals surface area contributed by atoms with Gasteiger partial charge in [-0.2, -0.15) is 4.31 Å². The molecule has 0 aliphatic carbocycles. The summed E-state index contributed by atoms with van der Waals surface area (Å²) in [7, 11) is -3.59. The molecule has 1 aliphatic heterocycles. The summed E-state index contributed by atoms with van der Waals surface area (Å²) in [6, 6.07) is 10.9. The highest BCUT2D eigenvalue weighted by atomic mass is 35.5. The minimum atomic E-state index is -3.59. The van der Waals surface area contributed by atoms with Crippen molar-refractivity contribution in [2.75, 3.05) is 18.4 Å². The van der Waals surface area contributed by atoms with Crippen molar-refractivity contribution in [3.05, 3.63) is 57.5 Å². The smallest absolute Gasteiger partial charge is 0.243 e. The lowest BCUT2D eigenvalue weighted by atomic mass is 9.97. The quantitative estimate of drug-likeness (QED) is 0.739. The number of carbonyl (C=O) groups excluding carboxylic acids is 1. The topological polar surface area (TPSA) is 66.5 Å². The average Bonchev–Trinajstić information content (AvgIpc) is 2.64. The van der Waals surface area contributed by atoms with Gasteiger partial charge in [0.05, 0.1) is 15.6 Å². The van der Waals surface area contributed by atoms with Crippen molar-refractivity contribution in [2.24, 2.45) is 5.92 Å².